The van der Waals surface area contributed by atoms with Crippen molar-refractivity contribution < 1.29 is 23.4 Å². The fourth-order valence-corrected chi connectivity index (χ4v) is 1.11. The quantitative estimate of drug-likeness (QED) is 0.771. The molecule has 0 saturated heterocycles. The van der Waals surface area contributed by atoms with E-state index in [-0.39, 0.29) is 6.61 Å². The summed E-state index contributed by atoms with van der Waals surface area (Å²) in [6.45, 7) is 1.52. The SMILES string of the molecule is CCOC(=O)c1c(C(F)F)cnc(N)c1O. The number of nitrogen functional groups attached to an aromatic ring is 1. The fourth-order valence-electron chi connectivity index (χ4n) is 1.11. The maximum Gasteiger partial charge on any atom is 0.342 e. The van der Waals surface area contributed by atoms with E-state index < -0.39 is 35.1 Å². The molecule has 0 radical (unpaired) electrons. The Bertz CT molecular complexity index is 410. The van der Waals surface area contributed by atoms with Gasteiger partial charge in [0.1, 0.15) is 5.56 Å². The van der Waals surface area contributed by atoms with Crippen LogP contribution < -0.4 is 5.73 Å². The van der Waals surface area contributed by atoms with Gasteiger partial charge < -0.3 is 15.6 Å². The van der Waals surface area contributed by atoms with Crippen molar-refractivity contribution in [1.82, 2.24) is 4.98 Å². The number of halogens is 2. The molecule has 16 heavy (non-hydrogen) atoms. The van der Waals surface area contributed by atoms with Crippen LogP contribution in [-0.4, -0.2) is 22.7 Å². The van der Waals surface area contributed by atoms with E-state index in [1.54, 1.807) is 0 Å². The topological polar surface area (TPSA) is 85.4 Å². The Kier molecular flexibility index (Phi) is 3.60. The number of hydrogen-bond donors (Lipinski definition) is 2. The van der Waals surface area contributed by atoms with Crippen molar-refractivity contribution >= 4 is 11.8 Å². The van der Waals surface area contributed by atoms with Crippen molar-refractivity contribution in [2.24, 2.45) is 0 Å². The molecule has 1 rings (SSSR count). The average Bonchev–Trinajstić information content (AvgIpc) is 2.21. The van der Waals surface area contributed by atoms with Crippen LogP contribution in [0.3, 0.4) is 0 Å². The highest BCUT2D eigenvalue weighted by atomic mass is 19.3. The number of rotatable bonds is 3. The summed E-state index contributed by atoms with van der Waals surface area (Å²) < 4.78 is 29.6. The van der Waals surface area contributed by atoms with Crippen molar-refractivity contribution in [2.45, 2.75) is 13.3 Å². The smallest absolute Gasteiger partial charge is 0.342 e. The van der Waals surface area contributed by atoms with Crippen LogP contribution >= 0.6 is 0 Å². The molecule has 0 aromatic carbocycles. The Morgan fingerprint density at radius 1 is 1.69 bits per heavy atom. The first-order valence-corrected chi connectivity index (χ1v) is 4.41. The van der Waals surface area contributed by atoms with Crippen LogP contribution in [0.15, 0.2) is 6.20 Å². The van der Waals surface area contributed by atoms with E-state index >= 15 is 0 Å². The number of hydrogen-bond acceptors (Lipinski definition) is 5. The molecule has 0 bridgehead atoms. The molecule has 0 amide bonds. The molecule has 1 aromatic heterocycles. The third-order valence-corrected chi connectivity index (χ3v) is 1.83. The van der Waals surface area contributed by atoms with Gasteiger partial charge in [0, 0.05) is 6.20 Å². The molecule has 1 aromatic rings. The van der Waals surface area contributed by atoms with Crippen LogP contribution in [0.1, 0.15) is 29.3 Å². The number of ether oxygens (including phenoxy) is 1. The Morgan fingerprint density at radius 3 is 2.81 bits per heavy atom. The maximum atomic E-state index is 12.5. The van der Waals surface area contributed by atoms with Gasteiger partial charge in [-0.1, -0.05) is 0 Å². The number of carbonyl (C=O) groups is 1. The van der Waals surface area contributed by atoms with E-state index in [1.165, 1.54) is 6.92 Å². The summed E-state index contributed by atoms with van der Waals surface area (Å²) in [6, 6.07) is 0. The molecule has 1 heterocycles. The lowest BCUT2D eigenvalue weighted by atomic mass is 10.1. The standard InChI is InChI=1S/C9H10F2N2O3/c1-2-16-9(15)5-4(7(10)11)3-13-8(12)6(5)14/h3,7,14H,2H2,1H3,(H2,12,13). The minimum Gasteiger partial charge on any atom is -0.504 e. The highest BCUT2D eigenvalue weighted by molar-refractivity contribution is 5.95. The zero-order chi connectivity index (χ0) is 12.3. The number of alkyl halides is 2. The average molecular weight is 232 g/mol. The molecule has 0 unspecified atom stereocenters. The second-order valence-corrected chi connectivity index (χ2v) is 2.84. The first-order valence-electron chi connectivity index (χ1n) is 4.41. The van der Waals surface area contributed by atoms with Crippen LogP contribution in [0, 0.1) is 0 Å². The molecule has 0 saturated carbocycles. The van der Waals surface area contributed by atoms with E-state index in [0.29, 0.717) is 0 Å². The van der Waals surface area contributed by atoms with E-state index in [2.05, 4.69) is 9.72 Å². The van der Waals surface area contributed by atoms with Crippen molar-refractivity contribution in [3.63, 3.8) is 0 Å². The number of pyridine rings is 1. The molecule has 3 N–H and O–H groups in total. The van der Waals surface area contributed by atoms with Gasteiger partial charge in [-0.05, 0) is 6.92 Å². The summed E-state index contributed by atoms with van der Waals surface area (Å²) in [5.74, 6) is -2.23. The second-order valence-electron chi connectivity index (χ2n) is 2.84. The van der Waals surface area contributed by atoms with Gasteiger partial charge in [-0.25, -0.2) is 18.6 Å². The largest absolute Gasteiger partial charge is 0.504 e. The van der Waals surface area contributed by atoms with Crippen LogP contribution in [0.2, 0.25) is 0 Å². The minimum absolute atomic E-state index is 0.00315. The number of aromatic nitrogens is 1. The summed E-state index contributed by atoms with van der Waals surface area (Å²) in [4.78, 5) is 14.7. The van der Waals surface area contributed by atoms with Crippen molar-refractivity contribution in [3.05, 3.63) is 17.3 Å². The molecule has 0 aliphatic carbocycles. The van der Waals surface area contributed by atoms with E-state index in [1.807, 2.05) is 0 Å². The van der Waals surface area contributed by atoms with Gasteiger partial charge in [-0.3, -0.25) is 0 Å². The first kappa shape index (κ1) is 12.2. The summed E-state index contributed by atoms with van der Waals surface area (Å²) in [7, 11) is 0. The van der Waals surface area contributed by atoms with Crippen LogP contribution in [0.5, 0.6) is 5.75 Å². The summed E-state index contributed by atoms with van der Waals surface area (Å²) >= 11 is 0. The molecule has 7 heteroatoms. The molecule has 0 spiro atoms. The summed E-state index contributed by atoms with van der Waals surface area (Å²) in [6.07, 6.45) is -2.20. The van der Waals surface area contributed by atoms with Gasteiger partial charge in [-0.2, -0.15) is 0 Å². The summed E-state index contributed by atoms with van der Waals surface area (Å²) in [5, 5.41) is 9.40. The number of aromatic hydroxyl groups is 1. The Hall–Kier alpha value is -1.92. The lowest BCUT2D eigenvalue weighted by molar-refractivity contribution is 0.0511. The van der Waals surface area contributed by atoms with Gasteiger partial charge in [0.15, 0.2) is 11.6 Å². The lowest BCUT2D eigenvalue weighted by Gasteiger charge is -2.10. The summed E-state index contributed by atoms with van der Waals surface area (Å²) in [5.41, 5.74) is 3.87. The highest BCUT2D eigenvalue weighted by Gasteiger charge is 2.25. The van der Waals surface area contributed by atoms with Crippen LogP contribution in [0.4, 0.5) is 14.6 Å². The van der Waals surface area contributed by atoms with Crippen molar-refractivity contribution in [1.29, 1.82) is 0 Å². The first-order chi connectivity index (χ1) is 7.49. The van der Waals surface area contributed by atoms with E-state index in [9.17, 15) is 18.7 Å². The third-order valence-electron chi connectivity index (χ3n) is 1.83. The maximum absolute atomic E-state index is 12.5. The normalized spacial score (nSPS) is 10.5. The van der Waals surface area contributed by atoms with Crippen LogP contribution in [-0.2, 0) is 4.74 Å². The predicted octanol–water partition coefficient (Wildman–Crippen LogP) is 1.48. The van der Waals surface area contributed by atoms with Gasteiger partial charge in [0.2, 0.25) is 0 Å². The second kappa shape index (κ2) is 4.73. The predicted molar refractivity (Wildman–Crippen MR) is 51.2 cm³/mol. The molecule has 0 aliphatic heterocycles. The number of anilines is 1. The van der Waals surface area contributed by atoms with E-state index in [0.717, 1.165) is 6.20 Å². The zero-order valence-corrected chi connectivity index (χ0v) is 8.41. The molecule has 0 atom stereocenters. The lowest BCUT2D eigenvalue weighted by Crippen LogP contribution is -2.11. The number of nitrogens with zero attached hydrogens (tertiary/aromatic N) is 1. The van der Waals surface area contributed by atoms with E-state index in [4.69, 9.17) is 5.73 Å². The third kappa shape index (κ3) is 2.18. The van der Waals surface area contributed by atoms with Gasteiger partial charge in [0.25, 0.3) is 6.43 Å². The molecule has 5 nitrogen and oxygen atoms in total. The van der Waals surface area contributed by atoms with Gasteiger partial charge in [0.05, 0.1) is 12.2 Å². The molecule has 0 fully saturated rings. The monoisotopic (exact) mass is 232 g/mol. The Morgan fingerprint density at radius 2 is 2.31 bits per heavy atom. The Balaban J connectivity index is 3.31. The molecule has 88 valence electrons. The highest BCUT2D eigenvalue weighted by Crippen LogP contribution is 2.32. The number of carbonyl (C=O) groups excluding carboxylic acids is 1. The van der Waals surface area contributed by atoms with Crippen molar-refractivity contribution in [3.8, 4) is 5.75 Å². The molecular weight excluding hydrogens is 222 g/mol. The minimum atomic E-state index is -2.95. The van der Waals surface area contributed by atoms with Gasteiger partial charge >= 0.3 is 5.97 Å². The van der Waals surface area contributed by atoms with Gasteiger partial charge in [-0.15, -0.1) is 0 Å². The zero-order valence-electron chi connectivity index (χ0n) is 8.41. The van der Waals surface area contributed by atoms with Crippen molar-refractivity contribution in [2.75, 3.05) is 12.3 Å². The fraction of sp³-hybridized carbons (Fsp3) is 0.333. The van der Waals surface area contributed by atoms with Crippen LogP contribution in [0.25, 0.3) is 0 Å². The number of esters is 1. The molecule has 0 aliphatic rings. The molecular formula is C9H10F2N2O3. The Labute approximate surface area is 89.9 Å². The number of nitrogens with two attached hydrogens (primary N) is 1.